The van der Waals surface area contributed by atoms with Crippen LogP contribution in [0.25, 0.3) is 75.2 Å². The van der Waals surface area contributed by atoms with E-state index in [2.05, 4.69) is 0 Å². The summed E-state index contributed by atoms with van der Waals surface area (Å²) in [4.78, 5) is 0. The molecule has 0 atom stereocenters. The van der Waals surface area contributed by atoms with E-state index in [-0.39, 0.29) is 51.7 Å². The van der Waals surface area contributed by atoms with Crippen molar-refractivity contribution in [3.05, 3.63) is 218 Å². The molecule has 0 amide bonds. The minimum absolute atomic E-state index is 0.00656. The molecule has 0 radical (unpaired) electrons. The molecule has 9 aromatic carbocycles. The van der Waals surface area contributed by atoms with Gasteiger partial charge in [-0.25, -0.2) is 0 Å². The lowest BCUT2D eigenvalue weighted by molar-refractivity contribution is 1.18. The van der Waals surface area contributed by atoms with Crippen LogP contribution in [-0.4, -0.2) is 17.2 Å². The molecule has 272 valence electrons. The topological polar surface area (TPSA) is 9.86 Å². The average Bonchev–Trinajstić information content (AvgIpc) is 4.06. The van der Waals surface area contributed by atoms with Crippen LogP contribution >= 0.6 is 11.3 Å². The van der Waals surface area contributed by atoms with E-state index in [1.165, 1.54) is 11.3 Å². The molecule has 0 N–H and O–H groups in total. The number of rotatable bonds is 6. The number of fused-ring (bicyclic) bond motifs is 10. The van der Waals surface area contributed by atoms with Crippen molar-refractivity contribution in [2.24, 2.45) is 0 Å². The van der Waals surface area contributed by atoms with E-state index >= 15 is 0 Å². The molecule has 0 fully saturated rings. The Morgan fingerprint density at radius 2 is 0.931 bits per heavy atom. The molecule has 0 spiro atoms. The summed E-state index contributed by atoms with van der Waals surface area (Å²) in [6, 6.07) is 42.1. The monoisotopic (exact) mass is 784 g/mol. The molecule has 0 unspecified atom stereocenters. The maximum atomic E-state index is 10.2. The lowest BCUT2D eigenvalue weighted by Gasteiger charge is -2.34. The zero-order valence-electron chi connectivity index (χ0n) is 42.7. The van der Waals surface area contributed by atoms with Gasteiger partial charge in [-0.1, -0.05) is 176 Å². The molecule has 0 aliphatic carbocycles. The molecule has 0 aliphatic heterocycles. The van der Waals surface area contributed by atoms with E-state index in [0.717, 1.165) is 25.6 Å². The summed E-state index contributed by atoms with van der Waals surface area (Å²) in [5.41, 5.74) is 1.60. The van der Waals surface area contributed by atoms with Gasteiger partial charge in [0, 0.05) is 42.7 Å². The lowest BCUT2D eigenvalue weighted by Crippen LogP contribution is -2.74. The van der Waals surface area contributed by atoms with Crippen molar-refractivity contribution in [1.29, 1.82) is 0 Å². The van der Waals surface area contributed by atoms with Crippen molar-refractivity contribution in [3.63, 3.8) is 0 Å². The Kier molecular flexibility index (Phi) is 5.24. The zero-order valence-corrected chi connectivity index (χ0v) is 32.5. The van der Waals surface area contributed by atoms with Gasteiger partial charge in [0.2, 0.25) is 0 Å². The third-order valence-electron chi connectivity index (χ3n) is 11.4. The van der Waals surface area contributed by atoms with Gasteiger partial charge in [-0.2, -0.15) is 0 Å². The van der Waals surface area contributed by atoms with E-state index in [4.69, 9.17) is 8.22 Å². The Balaban J connectivity index is 1.27. The molecule has 58 heavy (non-hydrogen) atoms. The van der Waals surface area contributed by atoms with Crippen LogP contribution in [0.15, 0.2) is 218 Å². The fourth-order valence-corrected chi connectivity index (χ4v) is 14.6. The summed E-state index contributed by atoms with van der Waals surface area (Å²) in [6.07, 6.45) is 0. The molecule has 4 heteroatoms. The Labute approximate surface area is 358 Å². The van der Waals surface area contributed by atoms with Gasteiger partial charge in [0.05, 0.1) is 48.9 Å². The largest absolute Gasteiger partial charge is 0.309 e. The molecule has 0 bridgehead atoms. The van der Waals surface area contributed by atoms with Crippen molar-refractivity contribution >= 4 is 104 Å². The van der Waals surface area contributed by atoms with E-state index < -0.39 is 56.4 Å². The summed E-state index contributed by atoms with van der Waals surface area (Å²) in [7, 11) is -3.59. The Bertz CT molecular complexity index is 4010. The fraction of sp³-hybridized carbons (Fsp3) is 0. The Morgan fingerprint density at radius 1 is 0.414 bits per heavy atom. The van der Waals surface area contributed by atoms with E-state index in [9.17, 15) is 8.22 Å². The maximum Gasteiger partial charge on any atom is 0.179 e. The number of aromatic nitrogens is 2. The predicted molar refractivity (Wildman–Crippen MR) is 252 cm³/mol. The molecule has 2 nitrogen and oxygen atoms in total. The molecule has 0 saturated heterocycles. The van der Waals surface area contributed by atoms with E-state index in [1.807, 2.05) is 150 Å². The number of benzene rings is 9. The SMILES string of the molecule is [2H]c1c([2H])c([Si](c2ccccc2)(c2ccccc2)c2ccccc2)c([2H])c([2H])c1-n1c2ccccc2c2cc(-n3c4c([2H])c([2H])c([2H])c([2H])c4c4c([2H])c([2H])c([2H])c([2H])c43)c3sc4ccccc4c3c21. The van der Waals surface area contributed by atoms with Gasteiger partial charge in [0.15, 0.2) is 8.07 Å². The Hall–Kier alpha value is -6.98. The molecular formula is C54H36N2SSi. The van der Waals surface area contributed by atoms with Crippen molar-refractivity contribution in [1.82, 2.24) is 9.13 Å². The molecule has 0 saturated carbocycles. The van der Waals surface area contributed by atoms with Gasteiger partial charge in [-0.15, -0.1) is 11.3 Å². The standard InChI is InChI=1S/C54H36N2SSi/c1-4-18-38(19-5-1)58(39-20-6-2-7-21-39,40-22-8-3-9-23-40)41-34-32-37(33-35-41)55-47-28-14-12-26-44(47)46-36-50(54-52(53(46)55)45-27-13-17-31-51(45)57-54)56-48-29-15-10-24-42(48)43-25-11-16-30-49(43)56/h1-36H/i10D,11D,15D,16D,24D,25D,29D,30D,32D,33D,34D,35D. The first kappa shape index (κ1) is 23.3. The highest BCUT2D eigenvalue weighted by Gasteiger charge is 2.41. The number of nitrogens with zero attached hydrogens (tertiary/aromatic N) is 2. The third kappa shape index (κ3) is 4.70. The van der Waals surface area contributed by atoms with Crippen LogP contribution in [0.4, 0.5) is 0 Å². The van der Waals surface area contributed by atoms with Crippen LogP contribution in [0.3, 0.4) is 0 Å². The Morgan fingerprint density at radius 3 is 1.53 bits per heavy atom. The molecule has 12 aromatic rings. The van der Waals surface area contributed by atoms with Gasteiger partial charge in [-0.05, 0) is 63.1 Å². The van der Waals surface area contributed by atoms with Gasteiger partial charge in [0.25, 0.3) is 0 Å². The summed E-state index contributed by atoms with van der Waals surface area (Å²) >= 11 is 1.40. The van der Waals surface area contributed by atoms with Gasteiger partial charge in [0.1, 0.15) is 0 Å². The van der Waals surface area contributed by atoms with Crippen LogP contribution in [-0.2, 0) is 0 Å². The minimum Gasteiger partial charge on any atom is -0.309 e. The van der Waals surface area contributed by atoms with Gasteiger partial charge in [-0.3, -0.25) is 0 Å². The molecule has 12 rings (SSSR count). The second-order valence-electron chi connectivity index (χ2n) is 14.3. The highest BCUT2D eigenvalue weighted by atomic mass is 32.1. The molecule has 3 aromatic heterocycles. The number of hydrogen-bond donors (Lipinski definition) is 0. The van der Waals surface area contributed by atoms with Crippen molar-refractivity contribution in [3.8, 4) is 11.4 Å². The first-order valence-corrected chi connectivity index (χ1v) is 21.8. The van der Waals surface area contributed by atoms with Crippen LogP contribution in [0.1, 0.15) is 16.4 Å². The molecule has 3 heterocycles. The highest BCUT2D eigenvalue weighted by molar-refractivity contribution is 7.26. The molecular weight excluding hydrogens is 737 g/mol. The van der Waals surface area contributed by atoms with E-state index in [1.54, 1.807) is 4.57 Å². The first-order chi connectivity index (χ1) is 33.8. The van der Waals surface area contributed by atoms with E-state index in [0.29, 0.717) is 42.8 Å². The van der Waals surface area contributed by atoms with Gasteiger partial charge >= 0.3 is 0 Å². The van der Waals surface area contributed by atoms with Crippen LogP contribution in [0.5, 0.6) is 0 Å². The number of para-hydroxylation sites is 3. The second kappa shape index (κ2) is 13.0. The normalized spacial score (nSPS) is 15.0. The lowest BCUT2D eigenvalue weighted by atomic mass is 10.1. The van der Waals surface area contributed by atoms with Crippen molar-refractivity contribution < 1.29 is 16.4 Å². The van der Waals surface area contributed by atoms with Crippen LogP contribution in [0.2, 0.25) is 0 Å². The number of thiophene rings is 1. The quantitative estimate of drug-likeness (QED) is 0.117. The summed E-state index contributed by atoms with van der Waals surface area (Å²) in [6.45, 7) is 0. The smallest absolute Gasteiger partial charge is 0.179 e. The fourth-order valence-electron chi connectivity index (χ4n) is 8.98. The first-order valence-electron chi connectivity index (χ1n) is 25.0. The highest BCUT2D eigenvalue weighted by Crippen LogP contribution is 2.47. The van der Waals surface area contributed by atoms with Crippen LogP contribution < -0.4 is 20.7 Å². The predicted octanol–water partition coefficient (Wildman–Crippen LogP) is 11.6. The summed E-state index contributed by atoms with van der Waals surface area (Å²) < 4.78 is 117. The minimum atomic E-state index is -3.59. The van der Waals surface area contributed by atoms with Crippen LogP contribution in [0, 0.1) is 0 Å². The molecule has 0 aliphatic rings. The van der Waals surface area contributed by atoms with Crippen molar-refractivity contribution in [2.75, 3.05) is 0 Å². The van der Waals surface area contributed by atoms with Gasteiger partial charge < -0.3 is 9.13 Å². The number of hydrogen-bond acceptors (Lipinski definition) is 1. The maximum absolute atomic E-state index is 10.2. The third-order valence-corrected chi connectivity index (χ3v) is 17.2. The summed E-state index contributed by atoms with van der Waals surface area (Å²) in [5.74, 6) is 0. The second-order valence-corrected chi connectivity index (χ2v) is 19.1. The average molecular weight is 785 g/mol. The van der Waals surface area contributed by atoms with Crippen molar-refractivity contribution in [2.45, 2.75) is 0 Å². The zero-order chi connectivity index (χ0) is 48.7. The summed E-state index contributed by atoms with van der Waals surface area (Å²) in [5, 5.41) is 5.70.